The van der Waals surface area contributed by atoms with Crippen molar-refractivity contribution in [1.29, 1.82) is 0 Å². The van der Waals surface area contributed by atoms with Crippen molar-refractivity contribution in [2.24, 2.45) is 0 Å². The molecule has 1 aromatic rings. The van der Waals surface area contributed by atoms with Crippen LogP contribution in [0.25, 0.3) is 0 Å². The molecule has 0 saturated heterocycles. The second-order valence-electron chi connectivity index (χ2n) is 2.00. The van der Waals surface area contributed by atoms with Gasteiger partial charge >= 0.3 is 0 Å². The molecule has 0 fully saturated rings. The van der Waals surface area contributed by atoms with Crippen LogP contribution in [0.5, 0.6) is 0 Å². The smallest absolute Gasteiger partial charge is 0.170 e. The Kier molecular flexibility index (Phi) is 2.63. The van der Waals surface area contributed by atoms with Crippen LogP contribution in [-0.2, 0) is 6.54 Å². The van der Waals surface area contributed by atoms with E-state index in [0.29, 0.717) is 0 Å². The Morgan fingerprint density at radius 1 is 1.50 bits per heavy atom. The quantitative estimate of drug-likeness (QED) is 0.506. The van der Waals surface area contributed by atoms with E-state index in [9.17, 15) is 0 Å². The zero-order chi connectivity index (χ0) is 7.40. The molecule has 2 heteroatoms. The lowest BCUT2D eigenvalue weighted by Gasteiger charge is -1.89. The summed E-state index contributed by atoms with van der Waals surface area (Å²) in [7, 11) is 0. The maximum absolute atomic E-state index is 3.65. The highest BCUT2D eigenvalue weighted by molar-refractivity contribution is 9.10. The van der Waals surface area contributed by atoms with Crippen molar-refractivity contribution in [3.8, 4) is 0 Å². The van der Waals surface area contributed by atoms with Crippen molar-refractivity contribution in [2.75, 3.05) is 0 Å². The van der Waals surface area contributed by atoms with Gasteiger partial charge in [-0.15, -0.1) is 0 Å². The molecule has 10 heavy (non-hydrogen) atoms. The molecule has 1 rings (SSSR count). The predicted octanol–water partition coefficient (Wildman–Crippen LogP) is 1.92. The number of nitrogens with zero attached hydrogens (tertiary/aromatic N) is 1. The molecule has 1 nitrogen and oxygen atoms in total. The Hall–Kier alpha value is -0.630. The summed E-state index contributed by atoms with van der Waals surface area (Å²) in [6.45, 7) is 4.51. The molecule has 0 aliphatic rings. The first kappa shape index (κ1) is 7.48. The summed E-state index contributed by atoms with van der Waals surface area (Å²) < 4.78 is 3.16. The molecule has 0 aliphatic heterocycles. The van der Waals surface area contributed by atoms with Gasteiger partial charge in [0.25, 0.3) is 0 Å². The minimum atomic E-state index is 0.868. The Morgan fingerprint density at radius 3 is 2.60 bits per heavy atom. The normalized spacial score (nSPS) is 9.30. The standard InChI is InChI=1S/C8H9BrN/c1-2-5-10-6-3-8(9)4-7-10/h2-4,6-7H,1,5H2/q+1. The Morgan fingerprint density at radius 2 is 2.10 bits per heavy atom. The lowest BCUT2D eigenvalue weighted by molar-refractivity contribution is -0.687. The van der Waals surface area contributed by atoms with Gasteiger partial charge in [0.05, 0.1) is 0 Å². The molecule has 0 N–H and O–H groups in total. The summed E-state index contributed by atoms with van der Waals surface area (Å²) in [5.74, 6) is 0. The summed E-state index contributed by atoms with van der Waals surface area (Å²) in [5, 5.41) is 0. The first-order valence-electron chi connectivity index (χ1n) is 3.08. The number of rotatable bonds is 2. The van der Waals surface area contributed by atoms with Gasteiger partial charge in [0.15, 0.2) is 18.9 Å². The van der Waals surface area contributed by atoms with Crippen LogP contribution in [0.2, 0.25) is 0 Å². The third kappa shape index (κ3) is 1.95. The van der Waals surface area contributed by atoms with Crippen LogP contribution in [0.15, 0.2) is 41.7 Å². The summed E-state index contributed by atoms with van der Waals surface area (Å²) in [6, 6.07) is 4.01. The third-order valence-electron chi connectivity index (χ3n) is 1.19. The van der Waals surface area contributed by atoms with Crippen molar-refractivity contribution in [2.45, 2.75) is 6.54 Å². The van der Waals surface area contributed by atoms with Gasteiger partial charge in [-0.1, -0.05) is 22.5 Å². The zero-order valence-corrected chi connectivity index (χ0v) is 7.21. The van der Waals surface area contributed by atoms with Crippen LogP contribution in [0.1, 0.15) is 0 Å². The highest BCUT2D eigenvalue weighted by Crippen LogP contribution is 2.03. The van der Waals surface area contributed by atoms with Gasteiger partial charge in [0.1, 0.15) is 0 Å². The Bertz CT molecular complexity index is 215. The van der Waals surface area contributed by atoms with E-state index in [0.717, 1.165) is 11.0 Å². The van der Waals surface area contributed by atoms with Crippen molar-refractivity contribution in [3.05, 3.63) is 41.7 Å². The van der Waals surface area contributed by atoms with Crippen molar-refractivity contribution in [1.82, 2.24) is 0 Å². The number of halogens is 1. The van der Waals surface area contributed by atoms with E-state index in [1.807, 2.05) is 30.6 Å². The van der Waals surface area contributed by atoms with E-state index in [4.69, 9.17) is 0 Å². The van der Waals surface area contributed by atoms with Crippen LogP contribution in [0.4, 0.5) is 0 Å². The number of aromatic nitrogens is 1. The van der Waals surface area contributed by atoms with Crippen molar-refractivity contribution < 1.29 is 4.57 Å². The minimum absolute atomic E-state index is 0.868. The van der Waals surface area contributed by atoms with Gasteiger partial charge in [-0.25, -0.2) is 4.57 Å². The van der Waals surface area contributed by atoms with Gasteiger partial charge in [0, 0.05) is 16.6 Å². The topological polar surface area (TPSA) is 3.88 Å². The zero-order valence-electron chi connectivity index (χ0n) is 5.63. The fourth-order valence-electron chi connectivity index (χ4n) is 0.710. The summed E-state index contributed by atoms with van der Waals surface area (Å²) >= 11 is 3.36. The van der Waals surface area contributed by atoms with Crippen LogP contribution in [0.3, 0.4) is 0 Å². The van der Waals surface area contributed by atoms with Crippen LogP contribution in [0, 0.1) is 0 Å². The van der Waals surface area contributed by atoms with Gasteiger partial charge < -0.3 is 0 Å². The SMILES string of the molecule is C=CC[n+]1ccc(Br)cc1. The molecule has 0 aliphatic carbocycles. The Labute approximate surface area is 69.1 Å². The first-order chi connectivity index (χ1) is 4.83. The predicted molar refractivity (Wildman–Crippen MR) is 44.5 cm³/mol. The molecule has 0 spiro atoms. The molecule has 0 aromatic carbocycles. The lowest BCUT2D eigenvalue weighted by Crippen LogP contribution is -2.30. The van der Waals surface area contributed by atoms with E-state index in [1.165, 1.54) is 0 Å². The Balaban J connectivity index is 2.78. The van der Waals surface area contributed by atoms with Gasteiger partial charge in [-0.3, -0.25) is 0 Å². The summed E-state index contributed by atoms with van der Waals surface area (Å²) in [5.41, 5.74) is 0. The minimum Gasteiger partial charge on any atom is -0.201 e. The second kappa shape index (κ2) is 3.52. The largest absolute Gasteiger partial charge is 0.201 e. The van der Waals surface area contributed by atoms with Crippen molar-refractivity contribution in [3.63, 3.8) is 0 Å². The molecule has 0 radical (unpaired) electrons. The fraction of sp³-hybridized carbons (Fsp3) is 0.125. The first-order valence-corrected chi connectivity index (χ1v) is 3.88. The second-order valence-corrected chi connectivity index (χ2v) is 2.92. The van der Waals surface area contributed by atoms with E-state index in [1.54, 1.807) is 0 Å². The van der Waals surface area contributed by atoms with E-state index in [-0.39, 0.29) is 0 Å². The number of hydrogen-bond donors (Lipinski definition) is 0. The van der Waals surface area contributed by atoms with Crippen LogP contribution >= 0.6 is 15.9 Å². The van der Waals surface area contributed by atoms with Crippen LogP contribution < -0.4 is 4.57 Å². The highest BCUT2D eigenvalue weighted by Gasteiger charge is 1.93. The van der Waals surface area contributed by atoms with E-state index < -0.39 is 0 Å². The molecule has 0 unspecified atom stereocenters. The summed E-state index contributed by atoms with van der Waals surface area (Å²) in [4.78, 5) is 0. The summed E-state index contributed by atoms with van der Waals surface area (Å²) in [6.07, 6.45) is 5.88. The molecule has 0 amide bonds. The van der Waals surface area contributed by atoms with Gasteiger partial charge in [-0.2, -0.15) is 0 Å². The average Bonchev–Trinajstić information content (AvgIpc) is 1.95. The molecule has 1 aromatic heterocycles. The molecule has 1 heterocycles. The molecule has 0 bridgehead atoms. The van der Waals surface area contributed by atoms with E-state index in [2.05, 4.69) is 27.1 Å². The number of hydrogen-bond acceptors (Lipinski definition) is 0. The van der Waals surface area contributed by atoms with E-state index >= 15 is 0 Å². The van der Waals surface area contributed by atoms with Gasteiger partial charge in [-0.05, 0) is 6.08 Å². The molecular weight excluding hydrogens is 190 g/mol. The molecule has 0 saturated carbocycles. The third-order valence-corrected chi connectivity index (χ3v) is 1.72. The van der Waals surface area contributed by atoms with Gasteiger partial charge in [0.2, 0.25) is 0 Å². The average molecular weight is 199 g/mol. The monoisotopic (exact) mass is 198 g/mol. The molecular formula is C8H9BrN+. The highest BCUT2D eigenvalue weighted by atomic mass is 79.9. The maximum atomic E-state index is 3.65. The lowest BCUT2D eigenvalue weighted by atomic mass is 10.5. The molecule has 0 atom stereocenters. The number of pyridine rings is 1. The van der Waals surface area contributed by atoms with Crippen LogP contribution in [-0.4, -0.2) is 0 Å². The van der Waals surface area contributed by atoms with Crippen molar-refractivity contribution >= 4 is 15.9 Å². The number of allylic oxidation sites excluding steroid dienone is 1. The molecule has 52 valence electrons. The maximum Gasteiger partial charge on any atom is 0.170 e. The fourth-order valence-corrected chi connectivity index (χ4v) is 0.946.